The predicted octanol–water partition coefficient (Wildman–Crippen LogP) is 3.58. The third kappa shape index (κ3) is 5.22. The van der Waals surface area contributed by atoms with Crippen molar-refractivity contribution >= 4 is 12.0 Å². The quantitative estimate of drug-likeness (QED) is 0.788. The number of hydrogen-bond acceptors (Lipinski definition) is 4. The summed E-state index contributed by atoms with van der Waals surface area (Å²) in [7, 11) is 1.62. The minimum absolute atomic E-state index is 0.0859. The van der Waals surface area contributed by atoms with Crippen molar-refractivity contribution in [2.45, 2.75) is 52.2 Å². The van der Waals surface area contributed by atoms with Crippen LogP contribution in [0.5, 0.6) is 0 Å². The van der Waals surface area contributed by atoms with Gasteiger partial charge in [-0.15, -0.1) is 0 Å². The number of hydrogen-bond donors (Lipinski definition) is 0. The van der Waals surface area contributed by atoms with E-state index in [-0.39, 0.29) is 11.8 Å². The van der Waals surface area contributed by atoms with Crippen molar-refractivity contribution in [2.75, 3.05) is 33.4 Å². The summed E-state index contributed by atoms with van der Waals surface area (Å²) in [5.74, 6) is 0.154. The van der Waals surface area contributed by atoms with Crippen LogP contribution >= 0.6 is 0 Å². The van der Waals surface area contributed by atoms with E-state index in [1.54, 1.807) is 16.9 Å². The zero-order chi connectivity index (χ0) is 20.2. The van der Waals surface area contributed by atoms with Gasteiger partial charge in [0.1, 0.15) is 11.6 Å². The predicted molar refractivity (Wildman–Crippen MR) is 105 cm³/mol. The van der Waals surface area contributed by atoms with Crippen LogP contribution in [-0.4, -0.2) is 60.8 Å². The van der Waals surface area contributed by atoms with Gasteiger partial charge >= 0.3 is 6.09 Å². The van der Waals surface area contributed by atoms with E-state index in [4.69, 9.17) is 9.47 Å². The van der Waals surface area contributed by atoms with Crippen LogP contribution in [0, 0.1) is 0 Å². The number of carbonyl (C=O) groups excluding carboxylic acids is 2. The topological polar surface area (TPSA) is 59.1 Å². The minimum Gasteiger partial charge on any atom is -0.444 e. The lowest BCUT2D eigenvalue weighted by molar-refractivity contribution is -0.142. The van der Waals surface area contributed by atoms with Crippen molar-refractivity contribution in [1.29, 1.82) is 0 Å². The van der Waals surface area contributed by atoms with Gasteiger partial charge in [0.2, 0.25) is 5.91 Å². The highest BCUT2D eigenvalue weighted by atomic mass is 16.6. The summed E-state index contributed by atoms with van der Waals surface area (Å²) >= 11 is 0. The van der Waals surface area contributed by atoms with Crippen LogP contribution < -0.4 is 0 Å². The number of carbonyl (C=O) groups is 2. The van der Waals surface area contributed by atoms with Gasteiger partial charge in [-0.2, -0.15) is 0 Å². The van der Waals surface area contributed by atoms with Crippen molar-refractivity contribution in [3.63, 3.8) is 0 Å². The molecule has 0 radical (unpaired) electrons. The average molecular weight is 376 g/mol. The number of nitrogens with zero attached hydrogens (tertiary/aromatic N) is 2. The van der Waals surface area contributed by atoms with E-state index >= 15 is 0 Å². The Balaban J connectivity index is 2.42. The molecule has 1 heterocycles. The second kappa shape index (κ2) is 8.74. The molecule has 1 aliphatic heterocycles. The molecule has 1 saturated heterocycles. The smallest absolute Gasteiger partial charge is 0.411 e. The lowest BCUT2D eigenvalue weighted by atomic mass is 9.90. The van der Waals surface area contributed by atoms with Crippen LogP contribution in [0.25, 0.3) is 0 Å². The Bertz CT molecular complexity index is 666. The molecule has 1 fully saturated rings. The van der Waals surface area contributed by atoms with Crippen LogP contribution in [-0.2, 0) is 14.3 Å². The molecule has 0 N–H and O–H groups in total. The first-order valence-corrected chi connectivity index (χ1v) is 9.52. The fourth-order valence-electron chi connectivity index (χ4n) is 3.30. The maximum absolute atomic E-state index is 13.3. The lowest BCUT2D eigenvalue weighted by Crippen LogP contribution is -2.55. The molecule has 2 rings (SSSR count). The highest BCUT2D eigenvalue weighted by molar-refractivity contribution is 5.88. The molecule has 2 amide bonds. The Hall–Kier alpha value is -2.08. The van der Waals surface area contributed by atoms with E-state index in [1.807, 2.05) is 45.0 Å². The van der Waals surface area contributed by atoms with E-state index in [9.17, 15) is 9.59 Å². The first-order chi connectivity index (χ1) is 12.7. The Kier molecular flexibility index (Phi) is 6.87. The number of ether oxygens (including phenoxy) is 2. The summed E-state index contributed by atoms with van der Waals surface area (Å²) in [5.41, 5.74) is 1.32. The molecule has 0 saturated carbocycles. The van der Waals surface area contributed by atoms with E-state index in [0.29, 0.717) is 26.2 Å². The molecule has 1 aromatic rings. The molecule has 0 aliphatic carbocycles. The first-order valence-electron chi connectivity index (χ1n) is 9.52. The molecule has 0 bridgehead atoms. The average Bonchev–Trinajstić information content (AvgIpc) is 2.59. The molecule has 6 nitrogen and oxygen atoms in total. The summed E-state index contributed by atoms with van der Waals surface area (Å²) in [5, 5.41) is 0. The van der Waals surface area contributed by atoms with Crippen LogP contribution in [0.4, 0.5) is 4.79 Å². The van der Waals surface area contributed by atoms with Crippen molar-refractivity contribution in [1.82, 2.24) is 9.80 Å². The molecular formula is C21H32N2O4. The highest BCUT2D eigenvalue weighted by Gasteiger charge is 2.41. The number of methoxy groups -OCH3 is 1. The van der Waals surface area contributed by atoms with Gasteiger partial charge in [0.05, 0.1) is 6.61 Å². The third-order valence-electron chi connectivity index (χ3n) is 4.57. The van der Waals surface area contributed by atoms with Gasteiger partial charge in [-0.3, -0.25) is 9.69 Å². The van der Waals surface area contributed by atoms with Gasteiger partial charge in [0, 0.05) is 26.7 Å². The molecule has 150 valence electrons. The van der Waals surface area contributed by atoms with Crippen molar-refractivity contribution in [3.8, 4) is 0 Å². The maximum Gasteiger partial charge on any atom is 0.411 e. The third-order valence-corrected chi connectivity index (χ3v) is 4.57. The first kappa shape index (κ1) is 21.2. The zero-order valence-corrected chi connectivity index (χ0v) is 17.3. The molecule has 1 unspecified atom stereocenters. The van der Waals surface area contributed by atoms with Crippen LogP contribution in [0.1, 0.15) is 57.7 Å². The molecule has 27 heavy (non-hydrogen) atoms. The highest BCUT2D eigenvalue weighted by Crippen LogP contribution is 2.33. The summed E-state index contributed by atoms with van der Waals surface area (Å²) in [6.07, 6.45) is -0.453. The van der Waals surface area contributed by atoms with Crippen LogP contribution in [0.15, 0.2) is 24.3 Å². The largest absolute Gasteiger partial charge is 0.444 e. The Morgan fingerprint density at radius 2 is 1.89 bits per heavy atom. The van der Waals surface area contributed by atoms with Gasteiger partial charge < -0.3 is 14.4 Å². The Morgan fingerprint density at radius 3 is 2.48 bits per heavy atom. The molecular weight excluding hydrogens is 344 g/mol. The fourth-order valence-corrected chi connectivity index (χ4v) is 3.30. The monoisotopic (exact) mass is 376 g/mol. The lowest BCUT2D eigenvalue weighted by Gasteiger charge is -2.41. The standard InChI is InChI=1S/C21H32N2O4/c1-15(2)16-9-7-8-10-17(16)18-19(24)22(13-14-26-6)11-12-23(18)20(25)27-21(3,4)5/h7-10,15,18H,11-14H2,1-6H3. The molecule has 0 aromatic heterocycles. The normalized spacial score (nSPS) is 18.2. The zero-order valence-electron chi connectivity index (χ0n) is 17.3. The number of rotatable bonds is 5. The summed E-state index contributed by atoms with van der Waals surface area (Å²) in [6, 6.07) is 7.16. The van der Waals surface area contributed by atoms with Gasteiger partial charge in [-0.1, -0.05) is 38.1 Å². The van der Waals surface area contributed by atoms with E-state index in [1.165, 1.54) is 0 Å². The number of benzene rings is 1. The summed E-state index contributed by atoms with van der Waals surface area (Å²) in [4.78, 5) is 29.5. The SMILES string of the molecule is COCCN1CCN(C(=O)OC(C)(C)C)C(c2ccccc2C(C)C)C1=O. The summed E-state index contributed by atoms with van der Waals surface area (Å²) < 4.78 is 10.7. The van der Waals surface area contributed by atoms with Gasteiger partial charge in [0.25, 0.3) is 0 Å². The van der Waals surface area contributed by atoms with Crippen LogP contribution in [0.3, 0.4) is 0 Å². The van der Waals surface area contributed by atoms with Crippen LogP contribution in [0.2, 0.25) is 0 Å². The van der Waals surface area contributed by atoms with Crippen molar-refractivity contribution < 1.29 is 19.1 Å². The van der Waals surface area contributed by atoms with Gasteiger partial charge in [0.15, 0.2) is 0 Å². The van der Waals surface area contributed by atoms with Gasteiger partial charge in [-0.05, 0) is 37.8 Å². The molecule has 1 atom stereocenters. The second-order valence-electron chi connectivity index (χ2n) is 8.18. The summed E-state index contributed by atoms with van der Waals surface area (Å²) in [6.45, 7) is 11.6. The minimum atomic E-state index is -0.677. The Morgan fingerprint density at radius 1 is 1.22 bits per heavy atom. The van der Waals surface area contributed by atoms with Gasteiger partial charge in [-0.25, -0.2) is 4.79 Å². The van der Waals surface area contributed by atoms with Crippen molar-refractivity contribution in [3.05, 3.63) is 35.4 Å². The molecule has 1 aliphatic rings. The maximum atomic E-state index is 13.3. The number of piperazine rings is 1. The fraction of sp³-hybridized carbons (Fsp3) is 0.619. The second-order valence-corrected chi connectivity index (χ2v) is 8.18. The molecule has 6 heteroatoms. The van der Waals surface area contributed by atoms with E-state index in [2.05, 4.69) is 13.8 Å². The molecule has 1 aromatic carbocycles. The van der Waals surface area contributed by atoms with E-state index < -0.39 is 17.7 Å². The Labute approximate surface area is 162 Å². The molecule has 0 spiro atoms. The van der Waals surface area contributed by atoms with Crippen molar-refractivity contribution in [2.24, 2.45) is 0 Å². The van der Waals surface area contributed by atoms with E-state index in [0.717, 1.165) is 11.1 Å². The number of amides is 2.